The first-order chi connectivity index (χ1) is 12.4. The van der Waals surface area contributed by atoms with Crippen LogP contribution in [-0.4, -0.2) is 19.3 Å². The summed E-state index contributed by atoms with van der Waals surface area (Å²) in [5, 5.41) is 2.68. The van der Waals surface area contributed by atoms with Crippen LogP contribution in [0.25, 0.3) is 0 Å². The van der Waals surface area contributed by atoms with Crippen molar-refractivity contribution < 1.29 is 17.6 Å². The zero-order chi connectivity index (χ0) is 18.6. The van der Waals surface area contributed by atoms with E-state index in [9.17, 15) is 17.6 Å². The summed E-state index contributed by atoms with van der Waals surface area (Å²) in [5.74, 6) is -0.862. The van der Waals surface area contributed by atoms with Gasteiger partial charge >= 0.3 is 0 Å². The van der Waals surface area contributed by atoms with Gasteiger partial charge in [-0.05, 0) is 60.7 Å². The molecule has 132 valence electrons. The fourth-order valence-corrected chi connectivity index (χ4v) is 3.22. The summed E-state index contributed by atoms with van der Waals surface area (Å²) in [6, 6.07) is 13.8. The van der Waals surface area contributed by atoms with E-state index >= 15 is 0 Å². The molecule has 0 unspecified atom stereocenters. The predicted octanol–water partition coefficient (Wildman–Crippen LogP) is 3.27. The molecule has 1 aromatic heterocycles. The van der Waals surface area contributed by atoms with Gasteiger partial charge in [-0.3, -0.25) is 14.5 Å². The molecule has 0 saturated carbocycles. The Morgan fingerprint density at radius 1 is 0.923 bits per heavy atom. The van der Waals surface area contributed by atoms with Gasteiger partial charge in [0.15, 0.2) is 0 Å². The third-order valence-corrected chi connectivity index (χ3v) is 4.84. The molecular weight excluding hydrogens is 357 g/mol. The number of pyridine rings is 1. The SMILES string of the molecule is O=C(Nc1cccnc1)c1ccc(NS(=O)(=O)c2ccc(F)cc2)cc1. The Balaban J connectivity index is 1.71. The first-order valence-electron chi connectivity index (χ1n) is 7.54. The number of nitrogens with one attached hydrogen (secondary N) is 2. The number of rotatable bonds is 5. The van der Waals surface area contributed by atoms with Gasteiger partial charge in [0.25, 0.3) is 15.9 Å². The van der Waals surface area contributed by atoms with E-state index in [0.29, 0.717) is 11.3 Å². The van der Waals surface area contributed by atoms with Gasteiger partial charge in [-0.2, -0.15) is 0 Å². The first kappa shape index (κ1) is 17.6. The Labute approximate surface area is 149 Å². The molecule has 0 aliphatic rings. The van der Waals surface area contributed by atoms with Crippen molar-refractivity contribution in [3.63, 3.8) is 0 Å². The minimum atomic E-state index is -3.84. The number of amides is 1. The molecule has 26 heavy (non-hydrogen) atoms. The number of aromatic nitrogens is 1. The maximum atomic E-state index is 12.9. The Bertz CT molecular complexity index is 1010. The van der Waals surface area contributed by atoms with Gasteiger partial charge in [0.2, 0.25) is 0 Å². The highest BCUT2D eigenvalue weighted by Crippen LogP contribution is 2.17. The standard InChI is InChI=1S/C18H14FN3O3S/c19-14-5-9-17(10-6-14)26(24,25)22-15-7-3-13(4-8-15)18(23)21-16-2-1-11-20-12-16/h1-12,22H,(H,21,23). The van der Waals surface area contributed by atoms with Crippen molar-refractivity contribution in [2.24, 2.45) is 0 Å². The third kappa shape index (κ3) is 4.22. The topological polar surface area (TPSA) is 88.2 Å². The van der Waals surface area contributed by atoms with Gasteiger partial charge in [-0.15, -0.1) is 0 Å². The van der Waals surface area contributed by atoms with Gasteiger partial charge in [0.1, 0.15) is 5.82 Å². The van der Waals surface area contributed by atoms with E-state index in [0.717, 1.165) is 12.1 Å². The molecule has 6 nitrogen and oxygen atoms in total. The highest BCUT2D eigenvalue weighted by molar-refractivity contribution is 7.92. The maximum absolute atomic E-state index is 12.9. The third-order valence-electron chi connectivity index (χ3n) is 3.44. The Morgan fingerprint density at radius 3 is 2.23 bits per heavy atom. The monoisotopic (exact) mass is 371 g/mol. The van der Waals surface area contributed by atoms with Crippen molar-refractivity contribution in [1.29, 1.82) is 0 Å². The smallest absolute Gasteiger partial charge is 0.261 e. The van der Waals surface area contributed by atoms with Crippen molar-refractivity contribution in [1.82, 2.24) is 4.98 Å². The number of halogens is 1. The number of anilines is 2. The zero-order valence-corrected chi connectivity index (χ0v) is 14.2. The number of benzene rings is 2. The summed E-state index contributed by atoms with van der Waals surface area (Å²) in [7, 11) is -3.84. The molecule has 2 N–H and O–H groups in total. The lowest BCUT2D eigenvalue weighted by Crippen LogP contribution is -2.14. The van der Waals surface area contributed by atoms with Crippen molar-refractivity contribution in [2.45, 2.75) is 4.90 Å². The molecule has 0 bridgehead atoms. The van der Waals surface area contributed by atoms with Gasteiger partial charge in [-0.25, -0.2) is 12.8 Å². The molecule has 0 saturated heterocycles. The molecule has 0 aliphatic heterocycles. The minimum Gasteiger partial charge on any atom is -0.321 e. The van der Waals surface area contributed by atoms with Crippen LogP contribution in [0.15, 0.2) is 78.0 Å². The number of sulfonamides is 1. The second-order valence-electron chi connectivity index (χ2n) is 5.33. The van der Waals surface area contributed by atoms with Gasteiger partial charge < -0.3 is 5.32 Å². The molecule has 8 heteroatoms. The van der Waals surface area contributed by atoms with E-state index in [-0.39, 0.29) is 16.5 Å². The van der Waals surface area contributed by atoms with Crippen molar-refractivity contribution in [3.05, 3.63) is 84.4 Å². The van der Waals surface area contributed by atoms with E-state index in [1.165, 1.54) is 42.6 Å². The van der Waals surface area contributed by atoms with Crippen LogP contribution < -0.4 is 10.0 Å². The quantitative estimate of drug-likeness (QED) is 0.720. The van der Waals surface area contributed by atoms with Crippen LogP contribution >= 0.6 is 0 Å². The Kier molecular flexibility index (Phi) is 4.94. The average molecular weight is 371 g/mol. The van der Waals surface area contributed by atoms with E-state index in [2.05, 4.69) is 15.0 Å². The average Bonchev–Trinajstić information content (AvgIpc) is 2.63. The summed E-state index contributed by atoms with van der Waals surface area (Å²) in [5.41, 5.74) is 1.20. The summed E-state index contributed by atoms with van der Waals surface area (Å²) in [6.45, 7) is 0. The van der Waals surface area contributed by atoms with Crippen LogP contribution in [0.4, 0.5) is 15.8 Å². The normalized spacial score (nSPS) is 11.0. The zero-order valence-electron chi connectivity index (χ0n) is 13.4. The highest BCUT2D eigenvalue weighted by Gasteiger charge is 2.14. The van der Waals surface area contributed by atoms with Crippen LogP contribution in [0.3, 0.4) is 0 Å². The summed E-state index contributed by atoms with van der Waals surface area (Å²) < 4.78 is 39.8. The minimum absolute atomic E-state index is 0.0581. The molecule has 1 amide bonds. The molecule has 0 aliphatic carbocycles. The van der Waals surface area contributed by atoms with E-state index < -0.39 is 15.8 Å². The number of carbonyl (C=O) groups is 1. The molecular formula is C18H14FN3O3S. The van der Waals surface area contributed by atoms with Crippen LogP contribution in [0.1, 0.15) is 10.4 Å². The second-order valence-corrected chi connectivity index (χ2v) is 7.01. The maximum Gasteiger partial charge on any atom is 0.261 e. The van der Waals surface area contributed by atoms with Gasteiger partial charge in [0.05, 0.1) is 16.8 Å². The van der Waals surface area contributed by atoms with Gasteiger partial charge in [-0.1, -0.05) is 0 Å². The molecule has 1 heterocycles. The second kappa shape index (κ2) is 7.32. The van der Waals surface area contributed by atoms with Crippen molar-refractivity contribution in [3.8, 4) is 0 Å². The lowest BCUT2D eigenvalue weighted by Gasteiger charge is -2.09. The Morgan fingerprint density at radius 2 is 1.62 bits per heavy atom. The molecule has 0 atom stereocenters. The lowest BCUT2D eigenvalue weighted by molar-refractivity contribution is 0.102. The molecule has 3 aromatic rings. The van der Waals surface area contributed by atoms with Crippen LogP contribution in [0, 0.1) is 5.82 Å². The fraction of sp³-hybridized carbons (Fsp3) is 0. The summed E-state index contributed by atoms with van der Waals surface area (Å²) in [4.78, 5) is 16.0. The van der Waals surface area contributed by atoms with Crippen LogP contribution in [0.5, 0.6) is 0 Å². The van der Waals surface area contributed by atoms with Crippen LogP contribution in [-0.2, 0) is 10.0 Å². The van der Waals surface area contributed by atoms with E-state index in [1.807, 2.05) is 0 Å². The molecule has 2 aromatic carbocycles. The lowest BCUT2D eigenvalue weighted by atomic mass is 10.2. The van der Waals surface area contributed by atoms with Crippen LogP contribution in [0.2, 0.25) is 0 Å². The first-order valence-corrected chi connectivity index (χ1v) is 9.02. The summed E-state index contributed by atoms with van der Waals surface area (Å²) >= 11 is 0. The van der Waals surface area contributed by atoms with E-state index in [1.54, 1.807) is 18.3 Å². The number of nitrogens with zero attached hydrogens (tertiary/aromatic N) is 1. The Hall–Kier alpha value is -3.26. The van der Waals surface area contributed by atoms with Crippen molar-refractivity contribution >= 4 is 27.3 Å². The molecule has 3 rings (SSSR count). The number of hydrogen-bond acceptors (Lipinski definition) is 4. The molecule has 0 radical (unpaired) electrons. The number of carbonyl (C=O) groups excluding carboxylic acids is 1. The summed E-state index contributed by atoms with van der Waals surface area (Å²) in [6.07, 6.45) is 3.11. The molecule has 0 spiro atoms. The predicted molar refractivity (Wildman–Crippen MR) is 95.8 cm³/mol. The van der Waals surface area contributed by atoms with Crippen molar-refractivity contribution in [2.75, 3.05) is 10.0 Å². The highest BCUT2D eigenvalue weighted by atomic mass is 32.2. The fourth-order valence-electron chi connectivity index (χ4n) is 2.16. The van der Waals surface area contributed by atoms with Gasteiger partial charge in [0, 0.05) is 17.4 Å². The number of hydrogen-bond donors (Lipinski definition) is 2. The van der Waals surface area contributed by atoms with E-state index in [4.69, 9.17) is 0 Å². The largest absolute Gasteiger partial charge is 0.321 e. The molecule has 0 fully saturated rings.